The first-order chi connectivity index (χ1) is 8.88. The number of para-hydroxylation sites is 2. The Labute approximate surface area is 111 Å². The van der Waals surface area contributed by atoms with Crippen molar-refractivity contribution in [3.8, 4) is 0 Å². The molecule has 0 amide bonds. The van der Waals surface area contributed by atoms with Crippen LogP contribution in [0.4, 0.5) is 24.5 Å². The molecule has 0 saturated carbocycles. The van der Waals surface area contributed by atoms with Gasteiger partial charge in [0, 0.05) is 18.8 Å². The molecule has 0 unspecified atom stereocenters. The highest BCUT2D eigenvalue weighted by Gasteiger charge is 2.32. The number of alkyl halides is 3. The molecule has 0 N–H and O–H groups in total. The van der Waals surface area contributed by atoms with Crippen molar-refractivity contribution in [1.82, 2.24) is 0 Å². The van der Waals surface area contributed by atoms with Crippen LogP contribution in [0.25, 0.3) is 0 Å². The van der Waals surface area contributed by atoms with Gasteiger partial charge in [0.05, 0.1) is 11.4 Å². The molecule has 2 rings (SSSR count). The van der Waals surface area contributed by atoms with Crippen LogP contribution in [0.1, 0.15) is 13.8 Å². The summed E-state index contributed by atoms with van der Waals surface area (Å²) in [6, 6.07) is 7.44. The highest BCUT2D eigenvalue weighted by molar-refractivity contribution is 5.74. The normalized spacial score (nSPS) is 15.7. The number of halogens is 3. The molecule has 0 aromatic heterocycles. The van der Waals surface area contributed by atoms with E-state index in [1.165, 1.54) is 11.1 Å². The summed E-state index contributed by atoms with van der Waals surface area (Å²) in [5, 5.41) is 0. The fraction of sp³-hybridized carbons (Fsp3) is 0.429. The number of rotatable bonds is 2. The number of hydrogen-bond donors (Lipinski definition) is 0. The molecular formula is C14H17F3N2. The third-order valence-corrected chi connectivity index (χ3v) is 3.06. The number of fused-ring (bicyclic) bond motifs is 1. The average molecular weight is 270 g/mol. The number of nitrogens with zero attached hydrogens (tertiary/aromatic N) is 2. The molecule has 0 bridgehead atoms. The molecule has 0 atom stereocenters. The standard InChI is InChI=1S/C14H17F3N2/c1-11(2)19-9-5-8-18(10-14(15,16)17)12-6-3-4-7-13(12)19/h3-8,11H,9-10H2,1-2H3. The van der Waals surface area contributed by atoms with Gasteiger partial charge in [-0.15, -0.1) is 0 Å². The summed E-state index contributed by atoms with van der Waals surface area (Å²) >= 11 is 0. The van der Waals surface area contributed by atoms with Gasteiger partial charge >= 0.3 is 6.18 Å². The van der Waals surface area contributed by atoms with E-state index in [0.717, 1.165) is 5.69 Å². The van der Waals surface area contributed by atoms with Crippen LogP contribution in [0, 0.1) is 0 Å². The molecule has 0 saturated heterocycles. The largest absolute Gasteiger partial charge is 0.406 e. The van der Waals surface area contributed by atoms with Crippen molar-refractivity contribution in [3.05, 3.63) is 36.5 Å². The monoisotopic (exact) mass is 270 g/mol. The van der Waals surface area contributed by atoms with Crippen LogP contribution in [-0.4, -0.2) is 25.3 Å². The minimum Gasteiger partial charge on any atom is -0.364 e. The van der Waals surface area contributed by atoms with Crippen LogP contribution >= 0.6 is 0 Å². The molecule has 1 aliphatic heterocycles. The van der Waals surface area contributed by atoms with E-state index < -0.39 is 12.7 Å². The number of hydrogen-bond acceptors (Lipinski definition) is 2. The Morgan fingerprint density at radius 3 is 2.37 bits per heavy atom. The molecule has 1 aromatic carbocycles. The lowest BCUT2D eigenvalue weighted by Crippen LogP contribution is -2.32. The molecule has 19 heavy (non-hydrogen) atoms. The highest BCUT2D eigenvalue weighted by Crippen LogP contribution is 2.34. The molecule has 5 heteroatoms. The van der Waals surface area contributed by atoms with Crippen LogP contribution in [0.15, 0.2) is 36.5 Å². The third-order valence-electron chi connectivity index (χ3n) is 3.06. The zero-order valence-electron chi connectivity index (χ0n) is 11.0. The fourth-order valence-corrected chi connectivity index (χ4v) is 2.24. The second kappa shape index (κ2) is 5.15. The van der Waals surface area contributed by atoms with Crippen molar-refractivity contribution < 1.29 is 13.2 Å². The molecule has 1 heterocycles. The topological polar surface area (TPSA) is 6.48 Å². The first-order valence-corrected chi connectivity index (χ1v) is 6.24. The molecule has 0 spiro atoms. The van der Waals surface area contributed by atoms with Gasteiger partial charge in [-0.25, -0.2) is 0 Å². The molecule has 2 nitrogen and oxygen atoms in total. The van der Waals surface area contributed by atoms with E-state index in [1.807, 2.05) is 26.0 Å². The van der Waals surface area contributed by atoms with E-state index in [9.17, 15) is 13.2 Å². The van der Waals surface area contributed by atoms with Crippen molar-refractivity contribution in [2.45, 2.75) is 26.1 Å². The maximum atomic E-state index is 12.6. The van der Waals surface area contributed by atoms with Gasteiger partial charge in [0.1, 0.15) is 6.54 Å². The first-order valence-electron chi connectivity index (χ1n) is 6.24. The van der Waals surface area contributed by atoms with Crippen molar-refractivity contribution in [3.63, 3.8) is 0 Å². The minimum atomic E-state index is -4.22. The summed E-state index contributed by atoms with van der Waals surface area (Å²) in [5.41, 5.74) is 1.44. The highest BCUT2D eigenvalue weighted by atomic mass is 19.4. The molecular weight excluding hydrogens is 253 g/mol. The summed E-state index contributed by atoms with van der Waals surface area (Å²) in [5.74, 6) is 0. The first kappa shape index (κ1) is 13.8. The van der Waals surface area contributed by atoms with Crippen molar-refractivity contribution in [2.75, 3.05) is 22.9 Å². The Hall–Kier alpha value is -1.65. The smallest absolute Gasteiger partial charge is 0.364 e. The second-order valence-corrected chi connectivity index (χ2v) is 4.86. The summed E-state index contributed by atoms with van der Waals surface area (Å²) < 4.78 is 37.9. The third kappa shape index (κ3) is 3.22. The van der Waals surface area contributed by atoms with Crippen LogP contribution < -0.4 is 9.80 Å². The van der Waals surface area contributed by atoms with Crippen LogP contribution in [0.2, 0.25) is 0 Å². The molecule has 0 fully saturated rings. The van der Waals surface area contributed by atoms with E-state index in [4.69, 9.17) is 0 Å². The zero-order valence-corrected chi connectivity index (χ0v) is 11.0. The van der Waals surface area contributed by atoms with Crippen molar-refractivity contribution >= 4 is 11.4 Å². The van der Waals surface area contributed by atoms with Crippen LogP contribution in [-0.2, 0) is 0 Å². The Kier molecular flexibility index (Phi) is 3.73. The van der Waals surface area contributed by atoms with Gasteiger partial charge in [-0.2, -0.15) is 13.2 Å². The summed E-state index contributed by atoms with van der Waals surface area (Å²) in [7, 11) is 0. The zero-order chi connectivity index (χ0) is 14.0. The molecule has 0 aliphatic carbocycles. The summed E-state index contributed by atoms with van der Waals surface area (Å²) in [6.07, 6.45) is -0.926. The summed E-state index contributed by atoms with van der Waals surface area (Å²) in [6.45, 7) is 3.71. The van der Waals surface area contributed by atoms with Gasteiger partial charge in [0.2, 0.25) is 0 Å². The molecule has 0 radical (unpaired) electrons. The lowest BCUT2D eigenvalue weighted by atomic mass is 10.2. The Morgan fingerprint density at radius 1 is 1.16 bits per heavy atom. The maximum Gasteiger partial charge on any atom is 0.406 e. The Balaban J connectivity index is 2.40. The van der Waals surface area contributed by atoms with Gasteiger partial charge in [-0.3, -0.25) is 0 Å². The Morgan fingerprint density at radius 2 is 1.79 bits per heavy atom. The maximum absolute atomic E-state index is 12.6. The quantitative estimate of drug-likeness (QED) is 0.806. The Bertz CT molecular complexity index is 466. The van der Waals surface area contributed by atoms with Crippen molar-refractivity contribution in [2.24, 2.45) is 0 Å². The number of anilines is 2. The van der Waals surface area contributed by atoms with Crippen molar-refractivity contribution in [1.29, 1.82) is 0 Å². The molecule has 1 aromatic rings. The second-order valence-electron chi connectivity index (χ2n) is 4.86. The van der Waals surface area contributed by atoms with Gasteiger partial charge in [-0.1, -0.05) is 12.1 Å². The lowest BCUT2D eigenvalue weighted by molar-refractivity contribution is -0.118. The van der Waals surface area contributed by atoms with Gasteiger partial charge in [0.25, 0.3) is 0 Å². The predicted molar refractivity (Wildman–Crippen MR) is 71.5 cm³/mol. The summed E-state index contributed by atoms with van der Waals surface area (Å²) in [4.78, 5) is 3.35. The van der Waals surface area contributed by atoms with Gasteiger partial charge in [-0.05, 0) is 32.1 Å². The van der Waals surface area contributed by atoms with E-state index in [1.54, 1.807) is 18.2 Å². The van der Waals surface area contributed by atoms with E-state index >= 15 is 0 Å². The number of benzene rings is 1. The fourth-order valence-electron chi connectivity index (χ4n) is 2.24. The lowest BCUT2D eigenvalue weighted by Gasteiger charge is -2.30. The molecule has 1 aliphatic rings. The van der Waals surface area contributed by atoms with E-state index in [0.29, 0.717) is 12.2 Å². The van der Waals surface area contributed by atoms with E-state index in [-0.39, 0.29) is 6.04 Å². The van der Waals surface area contributed by atoms with Crippen LogP contribution in [0.3, 0.4) is 0 Å². The van der Waals surface area contributed by atoms with Gasteiger partial charge in [0.15, 0.2) is 0 Å². The average Bonchev–Trinajstić information content (AvgIpc) is 2.48. The van der Waals surface area contributed by atoms with Gasteiger partial charge < -0.3 is 9.80 Å². The SMILES string of the molecule is CC(C)N1CC=CN(CC(F)(F)F)c2ccccc21. The van der Waals surface area contributed by atoms with E-state index in [2.05, 4.69) is 4.90 Å². The van der Waals surface area contributed by atoms with Crippen LogP contribution in [0.5, 0.6) is 0 Å². The molecule has 104 valence electrons. The minimum absolute atomic E-state index is 0.233. The predicted octanol–water partition coefficient (Wildman–Crippen LogP) is 3.80.